The molecule has 3 rings (SSSR count). The maximum Gasteiger partial charge on any atom is 0.335 e. The lowest BCUT2D eigenvalue weighted by Crippen LogP contribution is -2.15. The molecule has 142 valence electrons. The first-order chi connectivity index (χ1) is 13.4. The number of rotatable bonds is 6. The van der Waals surface area contributed by atoms with Crippen molar-refractivity contribution < 1.29 is 14.7 Å². The average Bonchev–Trinajstić information content (AvgIpc) is 2.68. The number of nitrogens with one attached hydrogen (secondary N) is 1. The summed E-state index contributed by atoms with van der Waals surface area (Å²) in [6, 6.07) is 14.1. The van der Waals surface area contributed by atoms with Crippen molar-refractivity contribution in [3.8, 4) is 0 Å². The van der Waals surface area contributed by atoms with Crippen LogP contribution in [0.2, 0.25) is 0 Å². The van der Waals surface area contributed by atoms with Crippen LogP contribution < -0.4 is 5.32 Å². The van der Waals surface area contributed by atoms with Crippen LogP contribution in [0.3, 0.4) is 0 Å². The monoisotopic (exact) mass is 457 g/mol. The first-order valence-corrected chi connectivity index (χ1v) is 10.1. The number of halogens is 1. The van der Waals surface area contributed by atoms with Gasteiger partial charge < -0.3 is 10.4 Å². The van der Waals surface area contributed by atoms with Crippen molar-refractivity contribution in [2.24, 2.45) is 0 Å². The van der Waals surface area contributed by atoms with Crippen molar-refractivity contribution in [2.75, 3.05) is 5.32 Å². The number of aryl methyl sites for hydroxylation is 1. The fraction of sp³-hybridized carbons (Fsp3) is 0.100. The number of nitrogens with zero attached hydrogens (tertiary/aromatic N) is 2. The molecule has 6 nitrogen and oxygen atoms in total. The number of amides is 1. The van der Waals surface area contributed by atoms with Gasteiger partial charge in [-0.3, -0.25) is 4.79 Å². The lowest BCUT2D eigenvalue weighted by molar-refractivity contribution is 0.0696. The van der Waals surface area contributed by atoms with E-state index in [-0.39, 0.29) is 11.3 Å². The van der Waals surface area contributed by atoms with Gasteiger partial charge in [0.15, 0.2) is 5.16 Å². The molecule has 0 fully saturated rings. The summed E-state index contributed by atoms with van der Waals surface area (Å²) in [7, 11) is 0. The van der Waals surface area contributed by atoms with Gasteiger partial charge in [-0.25, -0.2) is 14.8 Å². The van der Waals surface area contributed by atoms with Gasteiger partial charge in [-0.2, -0.15) is 0 Å². The highest BCUT2D eigenvalue weighted by atomic mass is 79.9. The molecule has 0 bridgehead atoms. The van der Waals surface area contributed by atoms with Crippen LogP contribution >= 0.6 is 27.7 Å². The normalized spacial score (nSPS) is 10.5. The summed E-state index contributed by atoms with van der Waals surface area (Å²) >= 11 is 4.74. The average molecular weight is 458 g/mol. The topological polar surface area (TPSA) is 92.2 Å². The number of benzene rings is 2. The third-order valence-corrected chi connectivity index (χ3v) is 5.41. The zero-order valence-corrected chi connectivity index (χ0v) is 17.3. The molecule has 2 N–H and O–H groups in total. The van der Waals surface area contributed by atoms with E-state index in [9.17, 15) is 9.59 Å². The third-order valence-electron chi connectivity index (χ3n) is 3.92. The molecule has 0 atom stereocenters. The number of carbonyl (C=O) groups is 2. The molecule has 0 unspecified atom stereocenters. The molecule has 2 aromatic carbocycles. The lowest BCUT2D eigenvalue weighted by atomic mass is 10.1. The summed E-state index contributed by atoms with van der Waals surface area (Å²) in [5.41, 5.74) is 3.01. The van der Waals surface area contributed by atoms with Crippen LogP contribution in [0.25, 0.3) is 0 Å². The van der Waals surface area contributed by atoms with Crippen molar-refractivity contribution in [2.45, 2.75) is 17.8 Å². The van der Waals surface area contributed by atoms with Gasteiger partial charge in [-0.1, -0.05) is 42.1 Å². The first-order valence-electron chi connectivity index (χ1n) is 8.28. The molecule has 8 heteroatoms. The molecular formula is C20H16BrN3O3S. The molecule has 0 spiro atoms. The van der Waals surface area contributed by atoms with E-state index >= 15 is 0 Å². The molecule has 0 aliphatic carbocycles. The zero-order chi connectivity index (χ0) is 20.1. The smallest absolute Gasteiger partial charge is 0.335 e. The van der Waals surface area contributed by atoms with Crippen LogP contribution in [0.1, 0.15) is 32.0 Å². The zero-order valence-electron chi connectivity index (χ0n) is 14.8. The number of aromatic nitrogens is 2. The molecule has 0 aliphatic rings. The SMILES string of the molecule is Cc1ccccc1CSc1ncc(Br)c(C(=O)Nc2cccc(C(=O)O)c2)n1. The largest absolute Gasteiger partial charge is 0.478 e. The van der Waals surface area contributed by atoms with E-state index in [0.717, 1.165) is 0 Å². The van der Waals surface area contributed by atoms with Gasteiger partial charge in [0.25, 0.3) is 5.91 Å². The molecule has 0 aliphatic heterocycles. The maximum absolute atomic E-state index is 12.6. The highest BCUT2D eigenvalue weighted by Gasteiger charge is 2.15. The van der Waals surface area contributed by atoms with E-state index < -0.39 is 11.9 Å². The number of thioether (sulfide) groups is 1. The molecule has 0 radical (unpaired) electrons. The number of carboxylic acid groups (broad SMARTS) is 1. The predicted molar refractivity (Wildman–Crippen MR) is 112 cm³/mol. The van der Waals surface area contributed by atoms with Gasteiger partial charge in [-0.15, -0.1) is 0 Å². The Morgan fingerprint density at radius 1 is 1.18 bits per heavy atom. The number of hydrogen-bond donors (Lipinski definition) is 2. The molecule has 0 saturated carbocycles. The Hall–Kier alpha value is -2.71. The van der Waals surface area contributed by atoms with Gasteiger partial charge in [-0.05, 0) is 52.2 Å². The van der Waals surface area contributed by atoms with E-state index in [0.29, 0.717) is 21.1 Å². The minimum atomic E-state index is -1.06. The third kappa shape index (κ3) is 4.96. The molecule has 1 amide bonds. The Morgan fingerprint density at radius 3 is 2.71 bits per heavy atom. The number of hydrogen-bond acceptors (Lipinski definition) is 5. The summed E-state index contributed by atoms with van der Waals surface area (Å²) in [4.78, 5) is 32.3. The number of aromatic carboxylic acids is 1. The van der Waals surface area contributed by atoms with Gasteiger partial charge in [0.05, 0.1) is 10.0 Å². The number of carboxylic acids is 1. The van der Waals surface area contributed by atoms with E-state index in [1.165, 1.54) is 41.2 Å². The Morgan fingerprint density at radius 2 is 1.96 bits per heavy atom. The van der Waals surface area contributed by atoms with Crippen LogP contribution in [0.5, 0.6) is 0 Å². The van der Waals surface area contributed by atoms with Crippen LogP contribution in [-0.2, 0) is 5.75 Å². The van der Waals surface area contributed by atoms with Crippen LogP contribution in [0.4, 0.5) is 5.69 Å². The summed E-state index contributed by atoms with van der Waals surface area (Å²) < 4.78 is 0.458. The van der Waals surface area contributed by atoms with Crippen molar-refractivity contribution in [3.63, 3.8) is 0 Å². The van der Waals surface area contributed by atoms with Gasteiger partial charge in [0, 0.05) is 17.6 Å². The van der Waals surface area contributed by atoms with Gasteiger partial charge >= 0.3 is 5.97 Å². The Bertz CT molecular complexity index is 1040. The van der Waals surface area contributed by atoms with E-state index in [1.807, 2.05) is 31.2 Å². The molecule has 0 saturated heterocycles. The predicted octanol–water partition coefficient (Wildman–Crippen LogP) is 4.79. The fourth-order valence-electron chi connectivity index (χ4n) is 2.41. The quantitative estimate of drug-likeness (QED) is 0.408. The molecule has 1 heterocycles. The van der Waals surface area contributed by atoms with Crippen LogP contribution in [-0.4, -0.2) is 27.0 Å². The minimum absolute atomic E-state index is 0.0917. The Labute approximate surface area is 174 Å². The molecule has 28 heavy (non-hydrogen) atoms. The highest BCUT2D eigenvalue weighted by Crippen LogP contribution is 2.24. The Kier molecular flexibility index (Phi) is 6.43. The van der Waals surface area contributed by atoms with E-state index in [1.54, 1.807) is 12.1 Å². The van der Waals surface area contributed by atoms with Crippen molar-refractivity contribution in [3.05, 3.63) is 81.6 Å². The maximum atomic E-state index is 12.6. The second-order valence-corrected chi connectivity index (χ2v) is 7.70. The van der Waals surface area contributed by atoms with Gasteiger partial charge in [0.2, 0.25) is 0 Å². The second kappa shape index (κ2) is 8.99. The van der Waals surface area contributed by atoms with E-state index in [4.69, 9.17) is 5.11 Å². The first kappa shape index (κ1) is 20.0. The minimum Gasteiger partial charge on any atom is -0.478 e. The Balaban J connectivity index is 1.75. The molecule has 3 aromatic rings. The molecular weight excluding hydrogens is 442 g/mol. The standard InChI is InChI=1S/C20H16BrN3O3S/c1-12-5-2-3-6-14(12)11-28-20-22-10-16(21)17(24-20)18(25)23-15-8-4-7-13(9-15)19(26)27/h2-10H,11H2,1H3,(H,23,25)(H,26,27). The summed E-state index contributed by atoms with van der Waals surface area (Å²) in [6.07, 6.45) is 1.54. The fourth-order valence-corrected chi connectivity index (χ4v) is 3.68. The van der Waals surface area contributed by atoms with Crippen molar-refractivity contribution >= 4 is 45.3 Å². The summed E-state index contributed by atoms with van der Waals surface area (Å²) in [5, 5.41) is 12.2. The van der Waals surface area contributed by atoms with Crippen LogP contribution in [0, 0.1) is 6.92 Å². The number of anilines is 1. The summed E-state index contributed by atoms with van der Waals surface area (Å²) in [6.45, 7) is 2.04. The highest BCUT2D eigenvalue weighted by molar-refractivity contribution is 9.10. The van der Waals surface area contributed by atoms with Crippen molar-refractivity contribution in [1.29, 1.82) is 0 Å². The number of carbonyl (C=O) groups excluding carboxylic acids is 1. The van der Waals surface area contributed by atoms with E-state index in [2.05, 4.69) is 31.2 Å². The second-order valence-electron chi connectivity index (χ2n) is 5.90. The lowest BCUT2D eigenvalue weighted by Gasteiger charge is -2.09. The molecule has 1 aromatic heterocycles. The van der Waals surface area contributed by atoms with Crippen LogP contribution in [0.15, 0.2) is 64.4 Å². The van der Waals surface area contributed by atoms with Gasteiger partial charge in [0.1, 0.15) is 5.69 Å². The van der Waals surface area contributed by atoms with Crippen molar-refractivity contribution in [1.82, 2.24) is 9.97 Å². The summed E-state index contributed by atoms with van der Waals surface area (Å²) in [5.74, 6) is -0.820.